The summed E-state index contributed by atoms with van der Waals surface area (Å²) in [4.78, 5) is 10.7. The first-order valence-corrected chi connectivity index (χ1v) is 4.83. The summed E-state index contributed by atoms with van der Waals surface area (Å²) in [5.41, 5.74) is 0. The molecule has 0 aliphatic rings. The molecule has 0 bridgehead atoms. The minimum absolute atomic E-state index is 0.102. The van der Waals surface area contributed by atoms with Gasteiger partial charge in [0.1, 0.15) is 0 Å². The maximum Gasteiger partial charge on any atom is 0.305 e. The van der Waals surface area contributed by atoms with Gasteiger partial charge < -0.3 is 4.74 Å². The molecule has 0 radical (unpaired) electrons. The molecule has 0 aromatic carbocycles. The molecule has 0 spiro atoms. The molecule has 0 heterocycles. The van der Waals surface area contributed by atoms with Crippen LogP contribution in [0.25, 0.3) is 0 Å². The summed E-state index contributed by atoms with van der Waals surface area (Å²) in [7, 11) is 0. The van der Waals surface area contributed by atoms with Crippen molar-refractivity contribution in [3.63, 3.8) is 0 Å². The molecule has 0 fully saturated rings. The van der Waals surface area contributed by atoms with E-state index in [1.807, 2.05) is 6.92 Å². The molecule has 11 heavy (non-hydrogen) atoms. The number of nitrogens with two attached hydrogens (primary N) is 1. The van der Waals surface area contributed by atoms with E-state index in [-0.39, 0.29) is 5.97 Å². The van der Waals surface area contributed by atoms with Gasteiger partial charge in [0.05, 0.1) is 6.61 Å². The minimum atomic E-state index is -0.102. The number of carbonyl (C=O) groups is 1. The Morgan fingerprint density at radius 2 is 2.27 bits per heavy atom. The van der Waals surface area contributed by atoms with E-state index in [0.717, 1.165) is 18.6 Å². The summed E-state index contributed by atoms with van der Waals surface area (Å²) in [6.07, 6.45) is 2.39. The first-order chi connectivity index (χ1) is 5.31. The lowest BCUT2D eigenvalue weighted by molar-refractivity contribution is -0.143. The Bertz CT molecular complexity index is 109. The third kappa shape index (κ3) is 7.68. The van der Waals surface area contributed by atoms with E-state index in [4.69, 9.17) is 9.88 Å². The minimum Gasteiger partial charge on any atom is -0.466 e. The molecule has 0 amide bonds. The normalized spacial score (nSPS) is 9.64. The molecule has 0 aliphatic carbocycles. The van der Waals surface area contributed by atoms with Gasteiger partial charge in [0, 0.05) is 12.2 Å². The van der Waals surface area contributed by atoms with Crippen molar-refractivity contribution in [3.05, 3.63) is 0 Å². The molecule has 0 saturated carbocycles. The zero-order chi connectivity index (χ0) is 8.53. The van der Waals surface area contributed by atoms with Crippen molar-refractivity contribution in [2.24, 2.45) is 5.14 Å². The summed E-state index contributed by atoms with van der Waals surface area (Å²) in [6, 6.07) is 0. The number of unbranched alkanes of at least 4 members (excludes halogenated alkanes) is 1. The molecule has 66 valence electrons. The average Bonchev–Trinajstić information content (AvgIpc) is 1.99. The predicted molar refractivity (Wildman–Crippen MR) is 47.1 cm³/mol. The Balaban J connectivity index is 3.04. The molecule has 0 rings (SSSR count). The molecule has 0 aromatic rings. The lowest BCUT2D eigenvalue weighted by atomic mass is 10.2. The van der Waals surface area contributed by atoms with Gasteiger partial charge in [0.25, 0.3) is 0 Å². The second-order valence-electron chi connectivity index (χ2n) is 2.13. The third-order valence-electron chi connectivity index (χ3n) is 1.20. The summed E-state index contributed by atoms with van der Waals surface area (Å²) in [5.74, 6) is 0.814. The second kappa shape index (κ2) is 7.88. The highest BCUT2D eigenvalue weighted by atomic mass is 32.2. The van der Waals surface area contributed by atoms with Gasteiger partial charge in [-0.3, -0.25) is 9.93 Å². The van der Waals surface area contributed by atoms with Crippen molar-refractivity contribution < 1.29 is 9.53 Å². The van der Waals surface area contributed by atoms with E-state index < -0.39 is 0 Å². The maximum atomic E-state index is 10.7. The first-order valence-electron chi connectivity index (χ1n) is 3.78. The van der Waals surface area contributed by atoms with Gasteiger partial charge in [-0.1, -0.05) is 11.9 Å². The molecule has 0 saturated heterocycles. The third-order valence-corrected chi connectivity index (χ3v) is 1.72. The standard InChI is InChI=1S/C7H15NO2S/c1-2-10-7(9)5-3-4-6-11-8/h2-6,8H2,1H3. The number of rotatable bonds is 6. The Morgan fingerprint density at radius 1 is 1.55 bits per heavy atom. The van der Waals surface area contributed by atoms with Crippen molar-refractivity contribution in [3.8, 4) is 0 Å². The van der Waals surface area contributed by atoms with E-state index in [2.05, 4.69) is 0 Å². The van der Waals surface area contributed by atoms with Crippen molar-refractivity contribution in [2.45, 2.75) is 26.2 Å². The van der Waals surface area contributed by atoms with E-state index in [9.17, 15) is 4.79 Å². The van der Waals surface area contributed by atoms with Crippen molar-refractivity contribution in [2.75, 3.05) is 12.4 Å². The molecular formula is C7H15NO2S. The second-order valence-corrected chi connectivity index (χ2v) is 2.87. The smallest absolute Gasteiger partial charge is 0.305 e. The lowest BCUT2D eigenvalue weighted by Gasteiger charge is -1.99. The highest BCUT2D eigenvalue weighted by molar-refractivity contribution is 7.97. The van der Waals surface area contributed by atoms with E-state index >= 15 is 0 Å². The molecule has 2 N–H and O–H groups in total. The molecule has 0 aliphatic heterocycles. The zero-order valence-corrected chi connectivity index (χ0v) is 7.65. The van der Waals surface area contributed by atoms with Gasteiger partial charge in [-0.05, 0) is 19.8 Å². The van der Waals surface area contributed by atoms with Crippen LogP contribution in [0.3, 0.4) is 0 Å². The van der Waals surface area contributed by atoms with Crippen molar-refractivity contribution in [1.82, 2.24) is 0 Å². The van der Waals surface area contributed by atoms with E-state index in [1.54, 1.807) is 0 Å². The summed E-state index contributed by atoms with van der Waals surface area (Å²) in [6.45, 7) is 2.29. The zero-order valence-electron chi connectivity index (χ0n) is 6.84. The summed E-state index contributed by atoms with van der Waals surface area (Å²) < 4.78 is 4.75. The average molecular weight is 177 g/mol. The molecule has 3 nitrogen and oxygen atoms in total. The maximum absolute atomic E-state index is 10.7. The van der Waals surface area contributed by atoms with Gasteiger partial charge in [-0.2, -0.15) is 0 Å². The Morgan fingerprint density at radius 3 is 2.82 bits per heavy atom. The van der Waals surface area contributed by atoms with Crippen molar-refractivity contribution in [1.29, 1.82) is 0 Å². The van der Waals surface area contributed by atoms with E-state index in [0.29, 0.717) is 13.0 Å². The first kappa shape index (κ1) is 10.8. The monoisotopic (exact) mass is 177 g/mol. The number of carbonyl (C=O) groups excluding carboxylic acids is 1. The van der Waals surface area contributed by atoms with Crippen molar-refractivity contribution >= 4 is 17.9 Å². The summed E-state index contributed by atoms with van der Waals surface area (Å²) >= 11 is 1.31. The van der Waals surface area contributed by atoms with Gasteiger partial charge in [-0.25, -0.2) is 0 Å². The predicted octanol–water partition coefficient (Wildman–Crippen LogP) is 1.33. The fourth-order valence-electron chi connectivity index (χ4n) is 0.688. The molecular weight excluding hydrogens is 162 g/mol. The van der Waals surface area contributed by atoms with Crippen LogP contribution in [0.15, 0.2) is 0 Å². The molecule has 0 aromatic heterocycles. The van der Waals surface area contributed by atoms with Crippen LogP contribution in [0.2, 0.25) is 0 Å². The fraction of sp³-hybridized carbons (Fsp3) is 0.857. The van der Waals surface area contributed by atoms with Crippen LogP contribution in [0.4, 0.5) is 0 Å². The van der Waals surface area contributed by atoms with Crippen LogP contribution in [-0.2, 0) is 9.53 Å². The quantitative estimate of drug-likeness (QED) is 0.378. The number of hydrogen-bond acceptors (Lipinski definition) is 4. The van der Waals surface area contributed by atoms with Gasteiger partial charge >= 0.3 is 5.97 Å². The lowest BCUT2D eigenvalue weighted by Crippen LogP contribution is -2.03. The van der Waals surface area contributed by atoms with Crippen LogP contribution in [0.1, 0.15) is 26.2 Å². The summed E-state index contributed by atoms with van der Waals surface area (Å²) in [5, 5.41) is 5.20. The molecule has 0 unspecified atom stereocenters. The topological polar surface area (TPSA) is 52.3 Å². The van der Waals surface area contributed by atoms with Crippen LogP contribution in [-0.4, -0.2) is 18.3 Å². The number of ether oxygens (including phenoxy) is 1. The largest absolute Gasteiger partial charge is 0.466 e. The fourth-order valence-corrected chi connectivity index (χ4v) is 1.06. The number of hydrogen-bond donors (Lipinski definition) is 1. The van der Waals surface area contributed by atoms with Crippen LogP contribution >= 0.6 is 11.9 Å². The van der Waals surface area contributed by atoms with Crippen LogP contribution < -0.4 is 5.14 Å². The SMILES string of the molecule is CCOC(=O)CCCCSN. The Hall–Kier alpha value is -0.220. The molecule has 0 atom stereocenters. The highest BCUT2D eigenvalue weighted by Crippen LogP contribution is 2.01. The Labute approximate surface area is 71.8 Å². The van der Waals surface area contributed by atoms with E-state index in [1.165, 1.54) is 11.9 Å². The van der Waals surface area contributed by atoms with Gasteiger partial charge in [0.2, 0.25) is 0 Å². The van der Waals surface area contributed by atoms with Gasteiger partial charge in [0.15, 0.2) is 0 Å². The van der Waals surface area contributed by atoms with Gasteiger partial charge in [-0.15, -0.1) is 0 Å². The Kier molecular flexibility index (Phi) is 7.72. The highest BCUT2D eigenvalue weighted by Gasteiger charge is 1.99. The number of esters is 1. The molecule has 4 heteroatoms. The van der Waals surface area contributed by atoms with Crippen LogP contribution in [0, 0.1) is 0 Å². The van der Waals surface area contributed by atoms with Crippen LogP contribution in [0.5, 0.6) is 0 Å².